The molecule has 0 spiro atoms. The largest absolute Gasteiger partial charge is 0.481 e. The number of carboxylic acid groups (broad SMARTS) is 2. The fourth-order valence-corrected chi connectivity index (χ4v) is 0.175. The molecule has 8 heavy (non-hydrogen) atoms. The van der Waals surface area contributed by atoms with Crippen molar-refractivity contribution in [3.05, 3.63) is 0 Å². The Morgan fingerprint density at radius 2 is 1.88 bits per heavy atom. The van der Waals surface area contributed by atoms with Gasteiger partial charge < -0.3 is 10.2 Å². The summed E-state index contributed by atoms with van der Waals surface area (Å²) in [5.41, 5.74) is 0. The molecule has 0 aromatic carbocycles. The molecule has 0 amide bonds. The van der Waals surface area contributed by atoms with E-state index in [2.05, 4.69) is 0 Å². The van der Waals surface area contributed by atoms with Gasteiger partial charge in [0.05, 0.1) is 12.8 Å². The minimum atomic E-state index is -1.54. The average molecular weight is 119 g/mol. The Hall–Kier alpha value is -1.06. The summed E-state index contributed by atoms with van der Waals surface area (Å²) in [6.07, 6.45) is -2.18. The van der Waals surface area contributed by atoms with Gasteiger partial charge in [-0.3, -0.25) is 9.59 Å². The summed E-state index contributed by atoms with van der Waals surface area (Å²) < 4.78 is 6.58. The molecule has 4 nitrogen and oxygen atoms in total. The van der Waals surface area contributed by atoms with Gasteiger partial charge in [0.2, 0.25) is 0 Å². The van der Waals surface area contributed by atoms with Crippen molar-refractivity contribution in [2.45, 2.75) is 12.8 Å². The second-order valence-electron chi connectivity index (χ2n) is 1.14. The summed E-state index contributed by atoms with van der Waals surface area (Å²) in [4.78, 5) is 19.5. The van der Waals surface area contributed by atoms with Gasteiger partial charge in [0.25, 0.3) is 0 Å². The Balaban J connectivity index is 3.63. The van der Waals surface area contributed by atoms with Crippen LogP contribution < -0.4 is 0 Å². The maximum Gasteiger partial charge on any atom is 0.303 e. The van der Waals surface area contributed by atoms with Crippen LogP contribution in [0.2, 0.25) is 0 Å². The highest BCUT2D eigenvalue weighted by molar-refractivity contribution is 5.75. The van der Waals surface area contributed by atoms with Crippen molar-refractivity contribution in [3.63, 3.8) is 0 Å². The van der Waals surface area contributed by atoms with E-state index in [4.69, 9.17) is 11.6 Å². The van der Waals surface area contributed by atoms with Crippen molar-refractivity contribution in [2.75, 3.05) is 0 Å². The lowest BCUT2D eigenvalue weighted by Crippen LogP contribution is -2.00. The van der Waals surface area contributed by atoms with Gasteiger partial charge in [0, 0.05) is 1.37 Å². The van der Waals surface area contributed by atoms with E-state index in [0.717, 1.165) is 0 Å². The highest BCUT2D eigenvalue weighted by Gasteiger charge is 2.00. The summed E-state index contributed by atoms with van der Waals surface area (Å²) in [7, 11) is 0. The van der Waals surface area contributed by atoms with Crippen molar-refractivity contribution in [1.82, 2.24) is 0 Å². The van der Waals surface area contributed by atoms with Gasteiger partial charge >= 0.3 is 11.9 Å². The number of hydrogen-bond acceptors (Lipinski definition) is 2. The van der Waals surface area contributed by atoms with E-state index in [-0.39, 0.29) is 0 Å². The first-order valence-corrected chi connectivity index (χ1v) is 1.91. The van der Waals surface area contributed by atoms with E-state index in [0.29, 0.717) is 0 Å². The third kappa shape index (κ3) is 4.94. The zero-order valence-corrected chi connectivity index (χ0v) is 4.00. The molecule has 0 saturated heterocycles. The lowest BCUT2D eigenvalue weighted by molar-refractivity contribution is -0.143. The molecule has 0 rings (SSSR count). The van der Waals surface area contributed by atoms with Crippen LogP contribution in [0.4, 0.5) is 0 Å². The van der Waals surface area contributed by atoms with Crippen LogP contribution in [0.25, 0.3) is 0 Å². The van der Waals surface area contributed by atoms with Crippen LogP contribution in [0.5, 0.6) is 0 Å². The van der Waals surface area contributed by atoms with Gasteiger partial charge in [-0.05, 0) is 0 Å². The molecule has 0 aliphatic rings. The Labute approximate surface area is 47.2 Å². The van der Waals surface area contributed by atoms with E-state index in [1.54, 1.807) is 0 Å². The van der Waals surface area contributed by atoms with E-state index in [9.17, 15) is 9.59 Å². The van der Waals surface area contributed by atoms with Crippen LogP contribution >= 0.6 is 0 Å². The molecule has 2 N–H and O–H groups in total. The summed E-state index contributed by atoms with van der Waals surface area (Å²) in [5.74, 6) is -2.67. The predicted molar refractivity (Wildman–Crippen MR) is 24.5 cm³/mol. The predicted octanol–water partition coefficient (Wildman–Crippen LogP) is -0.0642. The third-order valence-corrected chi connectivity index (χ3v) is 0.451. The number of aliphatic carboxylic acids is 2. The standard InChI is InChI=1S/C4H6O4/c5-3(6)1-2-4(7)8/h1-2H2,(H,5,6)(H,7,8)/i1D/t1-/m0/s1. The minimum absolute atomic E-state index is 0.644. The van der Waals surface area contributed by atoms with Gasteiger partial charge in [-0.1, -0.05) is 0 Å². The van der Waals surface area contributed by atoms with Crippen LogP contribution in [0.1, 0.15) is 14.2 Å². The van der Waals surface area contributed by atoms with Crippen LogP contribution in [-0.4, -0.2) is 22.2 Å². The Bertz CT molecular complexity index is 133. The molecule has 0 fully saturated rings. The molecular formula is C4H6O4. The van der Waals surface area contributed by atoms with Crippen molar-refractivity contribution in [3.8, 4) is 0 Å². The molecule has 0 saturated carbocycles. The normalized spacial score (nSPS) is 14.2. The van der Waals surface area contributed by atoms with Gasteiger partial charge in [-0.25, -0.2) is 0 Å². The third-order valence-electron chi connectivity index (χ3n) is 0.451. The van der Waals surface area contributed by atoms with Gasteiger partial charge in [-0.2, -0.15) is 0 Å². The molecule has 0 aliphatic carbocycles. The van der Waals surface area contributed by atoms with E-state index in [1.165, 1.54) is 0 Å². The zero-order valence-electron chi connectivity index (χ0n) is 5.00. The smallest absolute Gasteiger partial charge is 0.303 e. The van der Waals surface area contributed by atoms with Gasteiger partial charge in [0.1, 0.15) is 0 Å². The number of rotatable bonds is 3. The van der Waals surface area contributed by atoms with E-state index < -0.39 is 24.8 Å². The summed E-state index contributed by atoms with van der Waals surface area (Å²) in [6.45, 7) is 0. The molecule has 0 aliphatic heterocycles. The lowest BCUT2D eigenvalue weighted by Gasteiger charge is -1.85. The topological polar surface area (TPSA) is 74.6 Å². The van der Waals surface area contributed by atoms with Crippen LogP contribution in [0.3, 0.4) is 0 Å². The van der Waals surface area contributed by atoms with Crippen molar-refractivity contribution in [1.29, 1.82) is 0 Å². The maximum atomic E-state index is 9.78. The Morgan fingerprint density at radius 3 is 2.00 bits per heavy atom. The molecule has 0 heterocycles. The van der Waals surface area contributed by atoms with Crippen molar-refractivity contribution in [2.24, 2.45) is 0 Å². The first kappa shape index (κ1) is 5.08. The van der Waals surface area contributed by atoms with E-state index >= 15 is 0 Å². The molecule has 0 radical (unpaired) electrons. The molecular weight excluding hydrogens is 112 g/mol. The Morgan fingerprint density at radius 1 is 1.38 bits per heavy atom. The second-order valence-corrected chi connectivity index (χ2v) is 1.14. The maximum absolute atomic E-state index is 9.78. The summed E-state index contributed by atoms with van der Waals surface area (Å²) in [5, 5.41) is 15.9. The van der Waals surface area contributed by atoms with Crippen molar-refractivity contribution < 1.29 is 21.2 Å². The number of carbonyl (C=O) groups is 2. The molecule has 0 bridgehead atoms. The monoisotopic (exact) mass is 119 g/mol. The fourth-order valence-electron chi connectivity index (χ4n) is 0.175. The quantitative estimate of drug-likeness (QED) is 0.545. The highest BCUT2D eigenvalue weighted by Crippen LogP contribution is 1.85. The van der Waals surface area contributed by atoms with Crippen LogP contribution in [0.15, 0.2) is 0 Å². The zero-order chi connectivity index (χ0) is 7.44. The minimum Gasteiger partial charge on any atom is -0.481 e. The Kier molecular flexibility index (Phi) is 1.91. The molecule has 0 aromatic rings. The van der Waals surface area contributed by atoms with Crippen molar-refractivity contribution >= 4 is 11.9 Å². The lowest BCUT2D eigenvalue weighted by atomic mass is 10.3. The molecule has 0 unspecified atom stereocenters. The SMILES string of the molecule is [2H][C@@H](CC(=O)O)C(=O)O. The fraction of sp³-hybridized carbons (Fsp3) is 0.500. The van der Waals surface area contributed by atoms with Gasteiger partial charge in [0.15, 0.2) is 0 Å². The first-order valence-electron chi connectivity index (χ1n) is 2.48. The molecule has 4 heteroatoms. The number of hydrogen-bond donors (Lipinski definition) is 2. The average Bonchev–Trinajstić information content (AvgIpc) is 1.63. The molecule has 0 aromatic heterocycles. The second kappa shape index (κ2) is 3.01. The molecule has 1 atom stereocenters. The number of carboxylic acids is 2. The summed E-state index contributed by atoms with van der Waals surface area (Å²) >= 11 is 0. The van der Waals surface area contributed by atoms with Gasteiger partial charge in [-0.15, -0.1) is 0 Å². The first-order chi connectivity index (χ1) is 4.04. The van der Waals surface area contributed by atoms with E-state index in [1.807, 2.05) is 0 Å². The van der Waals surface area contributed by atoms with Crippen LogP contribution in [0, 0.1) is 0 Å². The summed E-state index contributed by atoms with van der Waals surface area (Å²) in [6, 6.07) is 0. The molecule has 46 valence electrons. The highest BCUT2D eigenvalue weighted by atomic mass is 16.4. The van der Waals surface area contributed by atoms with Crippen LogP contribution in [-0.2, 0) is 9.59 Å².